The van der Waals surface area contributed by atoms with Crippen molar-refractivity contribution in [1.82, 2.24) is 10.6 Å². The molecule has 72 valence electrons. The van der Waals surface area contributed by atoms with Crippen LogP contribution in [-0.2, 0) is 4.79 Å². The molecule has 0 rings (SSSR count). The average molecular weight is 174 g/mol. The van der Waals surface area contributed by atoms with Gasteiger partial charge in [0, 0.05) is 26.6 Å². The summed E-state index contributed by atoms with van der Waals surface area (Å²) >= 11 is 0. The summed E-state index contributed by atoms with van der Waals surface area (Å²) in [5.41, 5.74) is -0.706. The minimum Gasteiger partial charge on any atom is -0.389 e. The van der Waals surface area contributed by atoms with Gasteiger partial charge in [0.2, 0.25) is 5.91 Å². The molecule has 0 aliphatic heterocycles. The maximum atomic E-state index is 10.7. The quantitative estimate of drug-likeness (QED) is 0.492. The first-order valence-corrected chi connectivity index (χ1v) is 4.09. The Morgan fingerprint density at radius 3 is 2.50 bits per heavy atom. The summed E-state index contributed by atoms with van der Waals surface area (Å²) < 4.78 is 0. The molecule has 0 aliphatic carbocycles. The molecule has 0 saturated heterocycles. The van der Waals surface area contributed by atoms with Crippen molar-refractivity contribution >= 4 is 5.91 Å². The van der Waals surface area contributed by atoms with Crippen LogP contribution in [-0.4, -0.2) is 36.8 Å². The van der Waals surface area contributed by atoms with Crippen LogP contribution in [0.1, 0.15) is 20.3 Å². The largest absolute Gasteiger partial charge is 0.389 e. The predicted molar refractivity (Wildman–Crippen MR) is 47.9 cm³/mol. The number of amides is 1. The van der Waals surface area contributed by atoms with E-state index in [-0.39, 0.29) is 5.91 Å². The molecule has 0 unspecified atom stereocenters. The lowest BCUT2D eigenvalue weighted by molar-refractivity contribution is -0.120. The van der Waals surface area contributed by atoms with Crippen LogP contribution in [0, 0.1) is 0 Å². The van der Waals surface area contributed by atoms with E-state index in [9.17, 15) is 9.90 Å². The van der Waals surface area contributed by atoms with Crippen molar-refractivity contribution < 1.29 is 9.90 Å². The summed E-state index contributed by atoms with van der Waals surface area (Å²) in [6, 6.07) is 0. The number of carbonyl (C=O) groups is 1. The first kappa shape index (κ1) is 11.4. The Morgan fingerprint density at radius 1 is 1.50 bits per heavy atom. The summed E-state index contributed by atoms with van der Waals surface area (Å²) in [5, 5.41) is 14.8. The van der Waals surface area contributed by atoms with Crippen molar-refractivity contribution in [2.75, 3.05) is 20.1 Å². The molecule has 0 bridgehead atoms. The fourth-order valence-corrected chi connectivity index (χ4v) is 0.721. The van der Waals surface area contributed by atoms with E-state index in [1.807, 2.05) is 0 Å². The number of nitrogens with one attached hydrogen (secondary N) is 2. The SMILES string of the molecule is CNC(=O)CCNCC(C)(C)O. The Morgan fingerprint density at radius 2 is 2.08 bits per heavy atom. The monoisotopic (exact) mass is 174 g/mol. The highest BCUT2D eigenvalue weighted by Crippen LogP contribution is 1.96. The normalized spacial score (nSPS) is 11.3. The molecule has 0 radical (unpaired) electrons. The second-order valence-corrected chi connectivity index (χ2v) is 3.41. The van der Waals surface area contributed by atoms with Gasteiger partial charge in [-0.1, -0.05) is 0 Å². The van der Waals surface area contributed by atoms with Crippen molar-refractivity contribution in [1.29, 1.82) is 0 Å². The Balaban J connectivity index is 3.28. The fraction of sp³-hybridized carbons (Fsp3) is 0.875. The summed E-state index contributed by atoms with van der Waals surface area (Å²) in [5.74, 6) is 0.0123. The van der Waals surface area contributed by atoms with Gasteiger partial charge < -0.3 is 15.7 Å². The number of rotatable bonds is 5. The molecule has 12 heavy (non-hydrogen) atoms. The van der Waals surface area contributed by atoms with Crippen molar-refractivity contribution in [3.05, 3.63) is 0 Å². The summed E-state index contributed by atoms with van der Waals surface area (Å²) in [6.45, 7) is 4.55. The lowest BCUT2D eigenvalue weighted by Gasteiger charge is -2.17. The number of hydrogen-bond acceptors (Lipinski definition) is 3. The van der Waals surface area contributed by atoms with Gasteiger partial charge in [0.25, 0.3) is 0 Å². The highest BCUT2D eigenvalue weighted by molar-refractivity contribution is 5.75. The van der Waals surface area contributed by atoms with Gasteiger partial charge >= 0.3 is 0 Å². The van der Waals surface area contributed by atoms with E-state index in [0.29, 0.717) is 19.5 Å². The molecule has 0 heterocycles. The second kappa shape index (κ2) is 5.11. The number of carbonyl (C=O) groups excluding carboxylic acids is 1. The molecule has 3 N–H and O–H groups in total. The maximum absolute atomic E-state index is 10.7. The van der Waals surface area contributed by atoms with Crippen LogP contribution in [0.25, 0.3) is 0 Å². The molecule has 0 aromatic rings. The molecule has 4 nitrogen and oxygen atoms in total. The van der Waals surface area contributed by atoms with Gasteiger partial charge in [-0.25, -0.2) is 0 Å². The van der Waals surface area contributed by atoms with Gasteiger partial charge in [0.1, 0.15) is 0 Å². The Labute approximate surface area is 73.3 Å². The Bertz CT molecular complexity index is 140. The van der Waals surface area contributed by atoms with E-state index in [4.69, 9.17) is 0 Å². The highest BCUT2D eigenvalue weighted by atomic mass is 16.3. The van der Waals surface area contributed by atoms with Crippen molar-refractivity contribution in [3.63, 3.8) is 0 Å². The van der Waals surface area contributed by atoms with Crippen LogP contribution in [0.5, 0.6) is 0 Å². The molecule has 0 aromatic carbocycles. The third-order valence-corrected chi connectivity index (χ3v) is 1.37. The summed E-state index contributed by atoms with van der Waals surface area (Å²) in [6.07, 6.45) is 0.451. The Hall–Kier alpha value is -0.610. The third-order valence-electron chi connectivity index (χ3n) is 1.37. The van der Waals surface area contributed by atoms with Gasteiger partial charge in [-0.3, -0.25) is 4.79 Å². The topological polar surface area (TPSA) is 61.4 Å². The minimum absolute atomic E-state index is 0.0123. The molecule has 0 aromatic heterocycles. The highest BCUT2D eigenvalue weighted by Gasteiger charge is 2.10. The fourth-order valence-electron chi connectivity index (χ4n) is 0.721. The number of hydrogen-bond donors (Lipinski definition) is 3. The van der Waals surface area contributed by atoms with E-state index in [1.54, 1.807) is 20.9 Å². The molecule has 4 heteroatoms. The Kier molecular flexibility index (Phi) is 4.85. The van der Waals surface area contributed by atoms with Crippen molar-refractivity contribution in [2.45, 2.75) is 25.9 Å². The van der Waals surface area contributed by atoms with Gasteiger partial charge in [-0.2, -0.15) is 0 Å². The van der Waals surface area contributed by atoms with Gasteiger partial charge in [-0.05, 0) is 13.8 Å². The van der Waals surface area contributed by atoms with Crippen LogP contribution >= 0.6 is 0 Å². The first-order chi connectivity index (χ1) is 5.45. The molecule has 0 spiro atoms. The van der Waals surface area contributed by atoms with E-state index < -0.39 is 5.60 Å². The standard InChI is InChI=1S/C8H18N2O2/c1-8(2,12)6-10-5-4-7(11)9-3/h10,12H,4-6H2,1-3H3,(H,9,11). The lowest BCUT2D eigenvalue weighted by Crippen LogP contribution is -2.36. The van der Waals surface area contributed by atoms with E-state index in [0.717, 1.165) is 0 Å². The van der Waals surface area contributed by atoms with E-state index >= 15 is 0 Å². The molecular weight excluding hydrogens is 156 g/mol. The van der Waals surface area contributed by atoms with Gasteiger partial charge in [0.15, 0.2) is 0 Å². The van der Waals surface area contributed by atoms with Crippen molar-refractivity contribution in [3.8, 4) is 0 Å². The van der Waals surface area contributed by atoms with Crippen LogP contribution in [0.3, 0.4) is 0 Å². The van der Waals surface area contributed by atoms with E-state index in [2.05, 4.69) is 10.6 Å². The zero-order chi connectivity index (χ0) is 9.61. The van der Waals surface area contributed by atoms with Gasteiger partial charge in [0.05, 0.1) is 5.60 Å². The van der Waals surface area contributed by atoms with Gasteiger partial charge in [-0.15, -0.1) is 0 Å². The van der Waals surface area contributed by atoms with Crippen LogP contribution < -0.4 is 10.6 Å². The zero-order valence-corrected chi connectivity index (χ0v) is 7.98. The van der Waals surface area contributed by atoms with E-state index in [1.165, 1.54) is 0 Å². The molecule has 0 aliphatic rings. The summed E-state index contributed by atoms with van der Waals surface area (Å²) in [4.78, 5) is 10.7. The minimum atomic E-state index is -0.706. The number of aliphatic hydroxyl groups is 1. The molecular formula is C8H18N2O2. The zero-order valence-electron chi connectivity index (χ0n) is 7.98. The average Bonchev–Trinajstić information content (AvgIpc) is 1.96. The molecule has 0 atom stereocenters. The first-order valence-electron chi connectivity index (χ1n) is 4.09. The predicted octanol–water partition coefficient (Wildman–Crippen LogP) is -0.517. The summed E-state index contributed by atoms with van der Waals surface area (Å²) in [7, 11) is 1.61. The maximum Gasteiger partial charge on any atom is 0.221 e. The van der Waals surface area contributed by atoms with Crippen molar-refractivity contribution in [2.24, 2.45) is 0 Å². The molecule has 0 saturated carbocycles. The van der Waals surface area contributed by atoms with Crippen LogP contribution in [0.4, 0.5) is 0 Å². The molecule has 1 amide bonds. The molecule has 0 fully saturated rings. The second-order valence-electron chi connectivity index (χ2n) is 3.41. The van der Waals surface area contributed by atoms with Crippen LogP contribution in [0.15, 0.2) is 0 Å². The lowest BCUT2D eigenvalue weighted by atomic mass is 10.1. The smallest absolute Gasteiger partial charge is 0.221 e. The van der Waals surface area contributed by atoms with Crippen LogP contribution in [0.2, 0.25) is 0 Å². The third kappa shape index (κ3) is 7.50.